The summed E-state index contributed by atoms with van der Waals surface area (Å²) in [5.41, 5.74) is 5.19. The van der Waals surface area contributed by atoms with Gasteiger partial charge >= 0.3 is 0 Å². The summed E-state index contributed by atoms with van der Waals surface area (Å²) in [5, 5.41) is 21.8. The van der Waals surface area contributed by atoms with Crippen molar-refractivity contribution in [3.8, 4) is 11.3 Å². The lowest BCUT2D eigenvalue weighted by Crippen LogP contribution is -2.38. The number of nitrogens with two attached hydrogens (primary N) is 1. The molecule has 1 heterocycles. The van der Waals surface area contributed by atoms with Crippen LogP contribution in [-0.2, 0) is 11.2 Å². The molecule has 4 N–H and O–H groups in total. The van der Waals surface area contributed by atoms with Crippen LogP contribution in [0.2, 0.25) is 5.02 Å². The van der Waals surface area contributed by atoms with Crippen LogP contribution in [0.15, 0.2) is 30.3 Å². The third kappa shape index (κ3) is 3.42. The summed E-state index contributed by atoms with van der Waals surface area (Å²) in [7, 11) is 0. The van der Waals surface area contributed by atoms with Gasteiger partial charge in [-0.05, 0) is 62.9 Å². The minimum Gasteiger partial charge on any atom is -0.386 e. The number of pyridine rings is 1. The Morgan fingerprint density at radius 3 is 2.32 bits per heavy atom. The molecular formula is C19H22ClFN2O2. The molecule has 0 unspecified atom stereocenters. The SMILES string of the molecule is CC(C)(O)c1cc([C@](O)(CN)C2CC2)nc(-c2ccc(F)cc2)c1Cl. The molecule has 0 amide bonds. The fourth-order valence-corrected chi connectivity index (χ4v) is 3.47. The van der Waals surface area contributed by atoms with Gasteiger partial charge in [-0.2, -0.15) is 0 Å². The number of halogens is 2. The number of benzene rings is 1. The predicted octanol–water partition coefficient (Wildman–Crippen LogP) is 3.32. The monoisotopic (exact) mass is 364 g/mol. The second kappa shape index (κ2) is 6.32. The van der Waals surface area contributed by atoms with Gasteiger partial charge < -0.3 is 15.9 Å². The van der Waals surface area contributed by atoms with Crippen LogP contribution in [0.4, 0.5) is 4.39 Å². The van der Waals surface area contributed by atoms with Crippen molar-refractivity contribution < 1.29 is 14.6 Å². The Bertz CT molecular complexity index is 785. The number of rotatable bonds is 5. The van der Waals surface area contributed by atoms with E-state index in [4.69, 9.17) is 17.3 Å². The van der Waals surface area contributed by atoms with Gasteiger partial charge in [-0.1, -0.05) is 11.6 Å². The summed E-state index contributed by atoms with van der Waals surface area (Å²) in [4.78, 5) is 4.56. The van der Waals surface area contributed by atoms with Crippen molar-refractivity contribution in [3.63, 3.8) is 0 Å². The average Bonchev–Trinajstić information content (AvgIpc) is 3.39. The summed E-state index contributed by atoms with van der Waals surface area (Å²) in [5.74, 6) is -0.322. The first-order chi connectivity index (χ1) is 11.7. The van der Waals surface area contributed by atoms with Crippen LogP contribution in [0, 0.1) is 11.7 Å². The van der Waals surface area contributed by atoms with Crippen LogP contribution >= 0.6 is 11.6 Å². The van der Waals surface area contributed by atoms with Crippen LogP contribution in [0.1, 0.15) is 37.9 Å². The molecule has 0 aliphatic heterocycles. The van der Waals surface area contributed by atoms with E-state index in [1.807, 2.05) is 0 Å². The minimum atomic E-state index is -1.26. The van der Waals surface area contributed by atoms with Crippen LogP contribution < -0.4 is 5.73 Å². The van der Waals surface area contributed by atoms with Crippen molar-refractivity contribution in [1.82, 2.24) is 4.98 Å². The van der Waals surface area contributed by atoms with E-state index in [1.54, 1.807) is 32.0 Å². The van der Waals surface area contributed by atoms with Crippen molar-refractivity contribution in [2.45, 2.75) is 37.9 Å². The zero-order valence-electron chi connectivity index (χ0n) is 14.3. The molecule has 0 saturated heterocycles. The zero-order valence-corrected chi connectivity index (χ0v) is 15.0. The van der Waals surface area contributed by atoms with E-state index < -0.39 is 11.2 Å². The second-order valence-corrected chi connectivity index (χ2v) is 7.56. The van der Waals surface area contributed by atoms with Crippen LogP contribution in [0.3, 0.4) is 0 Å². The molecule has 1 saturated carbocycles. The molecule has 0 radical (unpaired) electrons. The smallest absolute Gasteiger partial charge is 0.123 e. The number of hydrogen-bond acceptors (Lipinski definition) is 4. The van der Waals surface area contributed by atoms with E-state index in [9.17, 15) is 14.6 Å². The van der Waals surface area contributed by atoms with Gasteiger partial charge in [-0.15, -0.1) is 0 Å². The molecule has 0 bridgehead atoms. The maximum atomic E-state index is 13.3. The maximum Gasteiger partial charge on any atom is 0.123 e. The summed E-state index contributed by atoms with van der Waals surface area (Å²) >= 11 is 6.50. The Morgan fingerprint density at radius 1 is 1.24 bits per heavy atom. The predicted molar refractivity (Wildman–Crippen MR) is 95.6 cm³/mol. The summed E-state index contributed by atoms with van der Waals surface area (Å²) in [6, 6.07) is 7.40. The molecule has 134 valence electrons. The highest BCUT2D eigenvalue weighted by atomic mass is 35.5. The maximum absolute atomic E-state index is 13.3. The zero-order chi connectivity index (χ0) is 18.4. The van der Waals surface area contributed by atoms with Gasteiger partial charge in [-0.3, -0.25) is 0 Å². The van der Waals surface area contributed by atoms with E-state index >= 15 is 0 Å². The lowest BCUT2D eigenvalue weighted by Gasteiger charge is -2.29. The lowest BCUT2D eigenvalue weighted by atomic mass is 9.88. The largest absolute Gasteiger partial charge is 0.386 e. The molecule has 1 atom stereocenters. The van der Waals surface area contributed by atoms with E-state index in [0.717, 1.165) is 12.8 Å². The molecule has 1 aromatic carbocycles. The van der Waals surface area contributed by atoms with Gasteiger partial charge in [0.15, 0.2) is 0 Å². The third-order valence-electron chi connectivity index (χ3n) is 4.74. The Labute approximate surface area is 151 Å². The number of nitrogens with zero attached hydrogens (tertiary/aromatic N) is 1. The van der Waals surface area contributed by atoms with Crippen molar-refractivity contribution in [2.24, 2.45) is 11.7 Å². The first-order valence-electron chi connectivity index (χ1n) is 8.29. The van der Waals surface area contributed by atoms with Crippen molar-refractivity contribution in [2.75, 3.05) is 6.54 Å². The Balaban J connectivity index is 2.23. The Kier molecular flexibility index (Phi) is 4.62. The van der Waals surface area contributed by atoms with Crippen molar-refractivity contribution in [3.05, 3.63) is 52.4 Å². The molecule has 1 aliphatic rings. The van der Waals surface area contributed by atoms with Gasteiger partial charge in [0, 0.05) is 17.7 Å². The fraction of sp³-hybridized carbons (Fsp3) is 0.421. The molecule has 3 rings (SSSR count). The number of aromatic nitrogens is 1. The van der Waals surface area contributed by atoms with Gasteiger partial charge in [0.05, 0.1) is 22.0 Å². The Hall–Kier alpha value is -1.53. The molecule has 1 fully saturated rings. The van der Waals surface area contributed by atoms with Gasteiger partial charge in [0.2, 0.25) is 0 Å². The van der Waals surface area contributed by atoms with E-state index in [2.05, 4.69) is 4.98 Å². The molecule has 0 spiro atoms. The van der Waals surface area contributed by atoms with E-state index in [0.29, 0.717) is 22.5 Å². The molecule has 25 heavy (non-hydrogen) atoms. The normalized spacial score (nSPS) is 17.4. The van der Waals surface area contributed by atoms with Gasteiger partial charge in [0.1, 0.15) is 11.4 Å². The summed E-state index contributed by atoms with van der Waals surface area (Å²) in [6.45, 7) is 3.26. The third-order valence-corrected chi connectivity index (χ3v) is 5.12. The molecule has 6 heteroatoms. The molecule has 1 aromatic heterocycles. The van der Waals surface area contributed by atoms with Crippen molar-refractivity contribution in [1.29, 1.82) is 0 Å². The average molecular weight is 365 g/mol. The molecule has 4 nitrogen and oxygen atoms in total. The van der Waals surface area contributed by atoms with Crippen LogP contribution in [0.5, 0.6) is 0 Å². The standard InChI is InChI=1S/C19H22ClFN2O2/c1-18(2,24)14-9-15(19(25,10-22)12-5-6-12)23-17(16(14)20)11-3-7-13(21)8-4-11/h3-4,7-9,12,24-25H,5-6,10,22H2,1-2H3/t19-/m0/s1. The van der Waals surface area contributed by atoms with Gasteiger partial charge in [-0.25, -0.2) is 9.37 Å². The topological polar surface area (TPSA) is 79.4 Å². The number of aliphatic hydroxyl groups is 2. The summed E-state index contributed by atoms with van der Waals surface area (Å²) < 4.78 is 13.3. The fourth-order valence-electron chi connectivity index (χ4n) is 3.04. The van der Waals surface area contributed by atoms with Crippen LogP contribution in [-0.4, -0.2) is 21.7 Å². The molecular weight excluding hydrogens is 343 g/mol. The highest BCUT2D eigenvalue weighted by Gasteiger charge is 2.46. The highest BCUT2D eigenvalue weighted by molar-refractivity contribution is 6.34. The van der Waals surface area contributed by atoms with E-state index in [1.165, 1.54) is 12.1 Å². The lowest BCUT2D eigenvalue weighted by molar-refractivity contribution is 0.0172. The molecule has 1 aliphatic carbocycles. The second-order valence-electron chi connectivity index (χ2n) is 7.19. The number of hydrogen-bond donors (Lipinski definition) is 3. The minimum absolute atomic E-state index is 0.0282. The van der Waals surface area contributed by atoms with Crippen molar-refractivity contribution >= 4 is 11.6 Å². The summed E-state index contributed by atoms with van der Waals surface area (Å²) in [6.07, 6.45) is 1.75. The highest BCUT2D eigenvalue weighted by Crippen LogP contribution is 2.46. The molecule has 2 aromatic rings. The van der Waals surface area contributed by atoms with Crippen LogP contribution in [0.25, 0.3) is 11.3 Å². The first kappa shape index (κ1) is 18.3. The van der Waals surface area contributed by atoms with E-state index in [-0.39, 0.29) is 23.3 Å². The quantitative estimate of drug-likeness (QED) is 0.760. The first-order valence-corrected chi connectivity index (χ1v) is 8.67. The van der Waals surface area contributed by atoms with Gasteiger partial charge in [0.25, 0.3) is 0 Å². The Morgan fingerprint density at radius 2 is 1.84 bits per heavy atom.